The Balaban J connectivity index is 1.60. The van der Waals surface area contributed by atoms with Crippen LogP contribution in [0.25, 0.3) is 6.08 Å². The molecule has 4 rings (SSSR count). The van der Waals surface area contributed by atoms with E-state index in [1.165, 1.54) is 18.2 Å². The number of imide groups is 1. The van der Waals surface area contributed by atoms with E-state index in [2.05, 4.69) is 15.9 Å². The summed E-state index contributed by atoms with van der Waals surface area (Å²) in [4.78, 5) is 26.2. The van der Waals surface area contributed by atoms with Gasteiger partial charge in [0.15, 0.2) is 11.5 Å². The number of rotatable bonds is 3. The van der Waals surface area contributed by atoms with Gasteiger partial charge < -0.3 is 9.47 Å². The highest BCUT2D eigenvalue weighted by molar-refractivity contribution is 9.10. The number of fused-ring (bicyclic) bond motifs is 1. The van der Waals surface area contributed by atoms with Crippen LogP contribution in [0.15, 0.2) is 39.7 Å². The molecule has 2 aliphatic rings. The topological polar surface area (TPSA) is 55.8 Å². The standard InChI is InChI=1S/C18H10BrClFNO4S/c19-11-1-2-13(21)9(3-11)5-16-17(23)22(18(24)27-16)7-10-4-14-15(6-12(10)20)26-8-25-14/h1-6H,7-8H2/b16-5-. The summed E-state index contributed by atoms with van der Waals surface area (Å²) in [6.07, 6.45) is 1.37. The molecule has 2 aromatic carbocycles. The Kier molecular flexibility index (Phi) is 4.88. The second-order valence-corrected chi connectivity index (χ2v) is 8.05. The van der Waals surface area contributed by atoms with E-state index in [0.29, 0.717) is 26.6 Å². The normalized spacial score (nSPS) is 17.3. The van der Waals surface area contributed by atoms with Crippen LogP contribution in [0.1, 0.15) is 11.1 Å². The van der Waals surface area contributed by atoms with Gasteiger partial charge in [0.1, 0.15) is 5.82 Å². The van der Waals surface area contributed by atoms with Crippen molar-refractivity contribution >= 4 is 56.5 Å². The first-order chi connectivity index (χ1) is 12.9. The summed E-state index contributed by atoms with van der Waals surface area (Å²) in [5.41, 5.74) is 0.772. The Morgan fingerprint density at radius 1 is 1.22 bits per heavy atom. The second kappa shape index (κ2) is 7.18. The molecule has 0 spiro atoms. The zero-order chi connectivity index (χ0) is 19.1. The molecule has 9 heteroatoms. The molecule has 0 aromatic heterocycles. The molecular formula is C18H10BrClFNO4S. The summed E-state index contributed by atoms with van der Waals surface area (Å²) in [5, 5.41) is -0.0873. The highest BCUT2D eigenvalue weighted by atomic mass is 79.9. The molecule has 0 N–H and O–H groups in total. The molecule has 0 unspecified atom stereocenters. The third-order valence-electron chi connectivity index (χ3n) is 3.99. The average Bonchev–Trinajstić information content (AvgIpc) is 3.17. The fourth-order valence-electron chi connectivity index (χ4n) is 2.65. The molecule has 138 valence electrons. The summed E-state index contributed by atoms with van der Waals surface area (Å²) in [7, 11) is 0. The number of hydrogen-bond acceptors (Lipinski definition) is 5. The van der Waals surface area contributed by atoms with E-state index >= 15 is 0 Å². The molecule has 0 radical (unpaired) electrons. The number of carbonyl (C=O) groups excluding carboxylic acids is 2. The zero-order valence-corrected chi connectivity index (χ0v) is 16.7. The first kappa shape index (κ1) is 18.3. The maximum Gasteiger partial charge on any atom is 0.293 e. The zero-order valence-electron chi connectivity index (χ0n) is 13.5. The lowest BCUT2D eigenvalue weighted by Crippen LogP contribution is -2.27. The monoisotopic (exact) mass is 469 g/mol. The molecule has 27 heavy (non-hydrogen) atoms. The van der Waals surface area contributed by atoms with Crippen LogP contribution in [0, 0.1) is 5.82 Å². The van der Waals surface area contributed by atoms with Crippen LogP contribution in [0.4, 0.5) is 9.18 Å². The number of benzene rings is 2. The van der Waals surface area contributed by atoms with Crippen molar-refractivity contribution in [3.63, 3.8) is 0 Å². The molecule has 1 fully saturated rings. The first-order valence-electron chi connectivity index (χ1n) is 7.71. The van der Waals surface area contributed by atoms with E-state index in [0.717, 1.165) is 16.7 Å². The van der Waals surface area contributed by atoms with Crippen LogP contribution in [0.2, 0.25) is 5.02 Å². The third-order valence-corrected chi connectivity index (χ3v) is 5.74. The molecule has 2 aromatic rings. The molecular weight excluding hydrogens is 461 g/mol. The van der Waals surface area contributed by atoms with Crippen LogP contribution in [-0.4, -0.2) is 22.8 Å². The first-order valence-corrected chi connectivity index (χ1v) is 9.69. The Morgan fingerprint density at radius 3 is 2.74 bits per heavy atom. The predicted octanol–water partition coefficient (Wildman–Crippen LogP) is 5.21. The number of thioether (sulfide) groups is 1. The van der Waals surface area contributed by atoms with Crippen molar-refractivity contribution in [1.82, 2.24) is 4.90 Å². The van der Waals surface area contributed by atoms with E-state index < -0.39 is 17.0 Å². The SMILES string of the molecule is O=C1S/C(=C\c2cc(Br)ccc2F)C(=O)N1Cc1cc2c(cc1Cl)OCO2. The van der Waals surface area contributed by atoms with Gasteiger partial charge in [-0.05, 0) is 47.7 Å². The van der Waals surface area contributed by atoms with Gasteiger partial charge in [-0.15, -0.1) is 0 Å². The average molecular weight is 471 g/mol. The highest BCUT2D eigenvalue weighted by Gasteiger charge is 2.36. The van der Waals surface area contributed by atoms with Gasteiger partial charge >= 0.3 is 0 Å². The molecule has 1 saturated heterocycles. The van der Waals surface area contributed by atoms with Gasteiger partial charge in [-0.3, -0.25) is 14.5 Å². The number of halogens is 3. The van der Waals surface area contributed by atoms with E-state index in [1.54, 1.807) is 18.2 Å². The van der Waals surface area contributed by atoms with Gasteiger partial charge in [0.05, 0.1) is 11.4 Å². The minimum atomic E-state index is -0.502. The van der Waals surface area contributed by atoms with Crippen molar-refractivity contribution in [2.75, 3.05) is 6.79 Å². The maximum absolute atomic E-state index is 13.9. The molecule has 0 bridgehead atoms. The summed E-state index contributed by atoms with van der Waals surface area (Å²) < 4.78 is 25.2. The minimum absolute atomic E-state index is 0.0154. The van der Waals surface area contributed by atoms with Gasteiger partial charge in [0.2, 0.25) is 6.79 Å². The Labute approximate surface area is 171 Å². The van der Waals surface area contributed by atoms with Crippen LogP contribution in [-0.2, 0) is 11.3 Å². The van der Waals surface area contributed by atoms with Gasteiger partial charge in [-0.25, -0.2) is 4.39 Å². The van der Waals surface area contributed by atoms with Crippen molar-refractivity contribution in [3.05, 3.63) is 61.7 Å². The van der Waals surface area contributed by atoms with Crippen LogP contribution >= 0.6 is 39.3 Å². The van der Waals surface area contributed by atoms with E-state index in [-0.39, 0.29) is 23.8 Å². The number of amides is 2. The van der Waals surface area contributed by atoms with Crippen molar-refractivity contribution < 1.29 is 23.5 Å². The number of nitrogens with zero attached hydrogens (tertiary/aromatic N) is 1. The van der Waals surface area contributed by atoms with Crippen LogP contribution < -0.4 is 9.47 Å². The largest absolute Gasteiger partial charge is 0.454 e. The summed E-state index contributed by atoms with van der Waals surface area (Å²) in [5.74, 6) is 0.0398. The van der Waals surface area contributed by atoms with Gasteiger partial charge in [-0.1, -0.05) is 27.5 Å². The lowest BCUT2D eigenvalue weighted by atomic mass is 10.1. The van der Waals surface area contributed by atoms with Crippen LogP contribution in [0.3, 0.4) is 0 Å². The van der Waals surface area contributed by atoms with Crippen molar-refractivity contribution in [1.29, 1.82) is 0 Å². The number of carbonyl (C=O) groups is 2. The Morgan fingerprint density at radius 2 is 1.96 bits per heavy atom. The molecule has 5 nitrogen and oxygen atoms in total. The molecule has 0 aliphatic carbocycles. The third kappa shape index (κ3) is 3.56. The maximum atomic E-state index is 13.9. The van der Waals surface area contributed by atoms with Crippen molar-refractivity contribution in [3.8, 4) is 11.5 Å². The Hall–Kier alpha value is -2.03. The fourth-order valence-corrected chi connectivity index (χ4v) is 4.07. The Bertz CT molecular complexity index is 1010. The number of hydrogen-bond donors (Lipinski definition) is 0. The van der Waals surface area contributed by atoms with Gasteiger partial charge in [0.25, 0.3) is 11.1 Å². The quantitative estimate of drug-likeness (QED) is 0.577. The van der Waals surface area contributed by atoms with Gasteiger partial charge in [-0.2, -0.15) is 0 Å². The van der Waals surface area contributed by atoms with Gasteiger partial charge in [0, 0.05) is 21.1 Å². The minimum Gasteiger partial charge on any atom is -0.454 e. The summed E-state index contributed by atoms with van der Waals surface area (Å²) in [6.45, 7) is 0.0794. The molecule has 0 saturated carbocycles. The lowest BCUT2D eigenvalue weighted by molar-refractivity contribution is -0.123. The van der Waals surface area contributed by atoms with Crippen LogP contribution in [0.5, 0.6) is 11.5 Å². The number of ether oxygens (including phenoxy) is 2. The smallest absolute Gasteiger partial charge is 0.293 e. The molecule has 0 atom stereocenters. The van der Waals surface area contributed by atoms with Crippen molar-refractivity contribution in [2.45, 2.75) is 6.54 Å². The second-order valence-electron chi connectivity index (χ2n) is 5.73. The van der Waals surface area contributed by atoms with Crippen molar-refractivity contribution in [2.24, 2.45) is 0 Å². The van der Waals surface area contributed by atoms with E-state index in [9.17, 15) is 14.0 Å². The van der Waals surface area contributed by atoms with E-state index in [1.807, 2.05) is 0 Å². The predicted molar refractivity (Wildman–Crippen MR) is 103 cm³/mol. The summed E-state index contributed by atoms with van der Waals surface area (Å²) in [6, 6.07) is 7.61. The fraction of sp³-hybridized carbons (Fsp3) is 0.111. The highest BCUT2D eigenvalue weighted by Crippen LogP contribution is 2.39. The molecule has 2 aliphatic heterocycles. The summed E-state index contributed by atoms with van der Waals surface area (Å²) >= 11 is 10.2. The molecule has 2 heterocycles. The molecule has 2 amide bonds. The lowest BCUT2D eigenvalue weighted by Gasteiger charge is -2.14. The van der Waals surface area contributed by atoms with E-state index in [4.69, 9.17) is 21.1 Å².